The number of amides is 1. The number of rotatable bonds is 4. The third-order valence-corrected chi connectivity index (χ3v) is 5.92. The van der Waals surface area contributed by atoms with Crippen LogP contribution in [-0.2, 0) is 4.79 Å². The maximum absolute atomic E-state index is 12.5. The summed E-state index contributed by atoms with van der Waals surface area (Å²) in [6.07, 6.45) is 9.39. The Hall–Kier alpha value is -2.61. The highest BCUT2D eigenvalue weighted by molar-refractivity contribution is 5.92. The van der Waals surface area contributed by atoms with Gasteiger partial charge in [0.1, 0.15) is 12.7 Å². The molecule has 3 heterocycles. The van der Waals surface area contributed by atoms with Gasteiger partial charge >= 0.3 is 0 Å². The van der Waals surface area contributed by atoms with Crippen molar-refractivity contribution in [1.82, 2.24) is 19.7 Å². The van der Waals surface area contributed by atoms with E-state index in [2.05, 4.69) is 20.3 Å². The highest BCUT2D eigenvalue weighted by atomic mass is 16.7. The number of anilines is 1. The van der Waals surface area contributed by atoms with Crippen LogP contribution >= 0.6 is 0 Å². The second-order valence-corrected chi connectivity index (χ2v) is 7.91. The van der Waals surface area contributed by atoms with Crippen molar-refractivity contribution in [1.29, 1.82) is 0 Å². The van der Waals surface area contributed by atoms with Crippen molar-refractivity contribution in [3.05, 3.63) is 30.9 Å². The van der Waals surface area contributed by atoms with Crippen molar-refractivity contribution in [2.75, 3.05) is 25.0 Å². The molecule has 1 aliphatic carbocycles. The molecule has 2 fully saturated rings. The average Bonchev–Trinajstić information content (AvgIpc) is 3.43. The molecule has 2 aromatic rings. The minimum Gasteiger partial charge on any atom is -0.448 e. The molecule has 5 rings (SSSR count). The van der Waals surface area contributed by atoms with Crippen LogP contribution in [0.25, 0.3) is 0 Å². The summed E-state index contributed by atoms with van der Waals surface area (Å²) >= 11 is 0. The van der Waals surface area contributed by atoms with Crippen LogP contribution < -0.4 is 14.8 Å². The molecule has 3 aliphatic rings. The first-order valence-electron chi connectivity index (χ1n) is 10.1. The largest absolute Gasteiger partial charge is 0.448 e. The number of hydrogen-bond donors (Lipinski definition) is 1. The second-order valence-electron chi connectivity index (χ2n) is 7.91. The third kappa shape index (κ3) is 3.44. The summed E-state index contributed by atoms with van der Waals surface area (Å²) in [7, 11) is 0. The minimum atomic E-state index is -0.473. The number of aromatic nitrogens is 3. The molecule has 8 heteroatoms. The molecule has 0 atom stereocenters. The van der Waals surface area contributed by atoms with E-state index in [-0.39, 0.29) is 5.91 Å². The second kappa shape index (κ2) is 7.09. The molecule has 1 N–H and O–H groups in total. The maximum Gasteiger partial charge on any atom is 0.251 e. The molecule has 1 aromatic heterocycles. The van der Waals surface area contributed by atoms with Gasteiger partial charge in [0, 0.05) is 37.7 Å². The number of likely N-dealkylation sites (tertiary alicyclic amines) is 1. The van der Waals surface area contributed by atoms with E-state index in [4.69, 9.17) is 9.47 Å². The molecule has 0 bridgehead atoms. The fraction of sp³-hybridized carbons (Fsp3) is 0.550. The summed E-state index contributed by atoms with van der Waals surface area (Å²) in [6.45, 7) is 2.14. The Labute approximate surface area is 163 Å². The van der Waals surface area contributed by atoms with E-state index in [0.717, 1.165) is 68.8 Å². The summed E-state index contributed by atoms with van der Waals surface area (Å²) in [6, 6.07) is 6.02. The fourth-order valence-electron chi connectivity index (χ4n) is 4.44. The van der Waals surface area contributed by atoms with Gasteiger partial charge in [-0.25, -0.2) is 9.67 Å². The van der Waals surface area contributed by atoms with Gasteiger partial charge in [0.25, 0.3) is 5.79 Å². The number of carbonyl (C=O) groups excluding carboxylic acids is 1. The number of piperidine rings is 1. The van der Waals surface area contributed by atoms with Crippen molar-refractivity contribution >= 4 is 11.6 Å². The van der Waals surface area contributed by atoms with Crippen LogP contribution in [0.2, 0.25) is 0 Å². The molecule has 1 saturated heterocycles. The van der Waals surface area contributed by atoms with E-state index < -0.39 is 5.79 Å². The summed E-state index contributed by atoms with van der Waals surface area (Å²) in [5.74, 6) is 1.02. The monoisotopic (exact) mass is 383 g/mol. The fourth-order valence-corrected chi connectivity index (χ4v) is 4.44. The van der Waals surface area contributed by atoms with Crippen molar-refractivity contribution < 1.29 is 14.3 Å². The van der Waals surface area contributed by atoms with Crippen molar-refractivity contribution in [2.24, 2.45) is 0 Å². The lowest BCUT2D eigenvalue weighted by Gasteiger charge is -2.31. The Bertz CT molecular complexity index is 840. The lowest BCUT2D eigenvalue weighted by molar-refractivity contribution is -0.117. The first kappa shape index (κ1) is 17.5. The van der Waals surface area contributed by atoms with Crippen LogP contribution in [0.5, 0.6) is 11.5 Å². The molecule has 2 aliphatic heterocycles. The number of carbonyl (C=O) groups is 1. The average molecular weight is 383 g/mol. The van der Waals surface area contributed by atoms with Gasteiger partial charge in [-0.1, -0.05) is 0 Å². The molecule has 8 nitrogen and oxygen atoms in total. The summed E-state index contributed by atoms with van der Waals surface area (Å²) in [5.41, 5.74) is 0.750. The van der Waals surface area contributed by atoms with Gasteiger partial charge in [0.15, 0.2) is 11.5 Å². The third-order valence-electron chi connectivity index (χ3n) is 5.92. The summed E-state index contributed by atoms with van der Waals surface area (Å²) in [5, 5.41) is 7.22. The van der Waals surface area contributed by atoms with Gasteiger partial charge < -0.3 is 14.8 Å². The van der Waals surface area contributed by atoms with E-state index in [9.17, 15) is 4.79 Å². The Kier molecular flexibility index (Phi) is 4.43. The molecule has 1 saturated carbocycles. The molecular weight excluding hydrogens is 358 g/mol. The molecule has 28 heavy (non-hydrogen) atoms. The summed E-state index contributed by atoms with van der Waals surface area (Å²) in [4.78, 5) is 18.7. The Balaban J connectivity index is 1.14. The zero-order chi connectivity index (χ0) is 19.0. The van der Waals surface area contributed by atoms with Gasteiger partial charge in [-0.05, 0) is 37.8 Å². The molecule has 148 valence electrons. The van der Waals surface area contributed by atoms with Crippen LogP contribution in [0.1, 0.15) is 44.6 Å². The number of benzene rings is 1. The topological polar surface area (TPSA) is 81.5 Å². The zero-order valence-electron chi connectivity index (χ0n) is 15.8. The predicted molar refractivity (Wildman–Crippen MR) is 102 cm³/mol. The van der Waals surface area contributed by atoms with Crippen LogP contribution in [0.4, 0.5) is 5.69 Å². The van der Waals surface area contributed by atoms with Gasteiger partial charge in [0.2, 0.25) is 5.91 Å². The summed E-state index contributed by atoms with van der Waals surface area (Å²) < 4.78 is 14.0. The quantitative estimate of drug-likeness (QED) is 0.874. The number of ether oxygens (including phenoxy) is 2. The molecular formula is C20H25N5O3. The number of nitrogens with zero attached hydrogens (tertiary/aromatic N) is 4. The zero-order valence-corrected chi connectivity index (χ0v) is 15.8. The highest BCUT2D eigenvalue weighted by Gasteiger charge is 2.44. The minimum absolute atomic E-state index is 0.00588. The number of nitrogens with one attached hydrogen (secondary N) is 1. The van der Waals surface area contributed by atoms with Crippen LogP contribution in [0.15, 0.2) is 30.9 Å². The van der Waals surface area contributed by atoms with Crippen molar-refractivity contribution in [3.63, 3.8) is 0 Å². The Morgan fingerprint density at radius 2 is 1.96 bits per heavy atom. The molecule has 0 radical (unpaired) electrons. The molecule has 1 aromatic carbocycles. The lowest BCUT2D eigenvalue weighted by atomic mass is 10.1. The Morgan fingerprint density at radius 3 is 2.71 bits per heavy atom. The van der Waals surface area contributed by atoms with Gasteiger partial charge in [-0.3, -0.25) is 9.69 Å². The normalized spacial score (nSPS) is 21.3. The van der Waals surface area contributed by atoms with Crippen molar-refractivity contribution in [3.8, 4) is 11.5 Å². The molecule has 1 amide bonds. The number of fused-ring (bicyclic) bond motifs is 1. The van der Waals surface area contributed by atoms with E-state index in [1.165, 1.54) is 0 Å². The van der Waals surface area contributed by atoms with E-state index in [1.54, 1.807) is 12.7 Å². The van der Waals surface area contributed by atoms with E-state index >= 15 is 0 Å². The number of hydrogen-bond acceptors (Lipinski definition) is 6. The van der Waals surface area contributed by atoms with Crippen LogP contribution in [0.3, 0.4) is 0 Å². The van der Waals surface area contributed by atoms with E-state index in [0.29, 0.717) is 12.6 Å². The van der Waals surface area contributed by atoms with E-state index in [1.807, 2.05) is 22.9 Å². The van der Waals surface area contributed by atoms with Crippen LogP contribution in [-0.4, -0.2) is 51.0 Å². The maximum atomic E-state index is 12.5. The standard InChI is InChI=1S/C20H25N5O3/c26-19(12-24-9-5-16(6-10-24)25-14-21-13-22-25)23-15-3-4-17-18(11-15)28-20(27-17)7-1-2-8-20/h3-4,11,13-14,16H,1-2,5-10,12H2,(H,23,26). The van der Waals surface area contributed by atoms with Crippen LogP contribution in [0, 0.1) is 0 Å². The first-order chi connectivity index (χ1) is 13.7. The molecule has 1 spiro atoms. The first-order valence-corrected chi connectivity index (χ1v) is 10.1. The van der Waals surface area contributed by atoms with Gasteiger partial charge in [-0.2, -0.15) is 5.10 Å². The van der Waals surface area contributed by atoms with Gasteiger partial charge in [0.05, 0.1) is 12.6 Å². The molecule has 0 unspecified atom stereocenters. The van der Waals surface area contributed by atoms with Crippen molar-refractivity contribution in [2.45, 2.75) is 50.4 Å². The highest BCUT2D eigenvalue weighted by Crippen LogP contribution is 2.47. The SMILES string of the molecule is O=C(CN1CCC(n2cncn2)CC1)Nc1ccc2c(c1)OC1(CCCC1)O2. The predicted octanol–water partition coefficient (Wildman–Crippen LogP) is 2.60. The lowest BCUT2D eigenvalue weighted by Crippen LogP contribution is -2.39. The Morgan fingerprint density at radius 1 is 1.18 bits per heavy atom. The van der Waals surface area contributed by atoms with Gasteiger partial charge in [-0.15, -0.1) is 0 Å². The smallest absolute Gasteiger partial charge is 0.251 e.